The van der Waals surface area contributed by atoms with E-state index in [-0.39, 0.29) is 0 Å². The van der Waals surface area contributed by atoms with Crippen LogP contribution in [0.1, 0.15) is 52.7 Å². The second-order valence-electron chi connectivity index (χ2n) is 7.58. The monoisotopic (exact) mass is 292 g/mol. The molecule has 3 unspecified atom stereocenters. The van der Waals surface area contributed by atoms with Crippen LogP contribution in [-0.4, -0.2) is 24.0 Å². The Morgan fingerprint density at radius 2 is 2.10 bits per heavy atom. The fraction of sp³-hybridized carbons (Fsp3) is 0.778. The number of hydrogen-bond donors (Lipinski definition) is 1. The van der Waals surface area contributed by atoms with Crippen LogP contribution >= 0.6 is 0 Å². The van der Waals surface area contributed by atoms with Gasteiger partial charge in [-0.1, -0.05) is 27.7 Å². The first-order chi connectivity index (χ1) is 9.95. The quantitative estimate of drug-likeness (QED) is 0.895. The van der Waals surface area contributed by atoms with Crippen LogP contribution in [0.25, 0.3) is 0 Å². The van der Waals surface area contributed by atoms with E-state index in [1.54, 1.807) is 6.26 Å². The van der Waals surface area contributed by atoms with Crippen LogP contribution in [-0.2, 0) is 6.54 Å². The number of furan rings is 1. The lowest BCUT2D eigenvalue weighted by atomic mass is 9.67. The van der Waals surface area contributed by atoms with Gasteiger partial charge in [0.25, 0.3) is 0 Å². The normalized spacial score (nSPS) is 27.2. The van der Waals surface area contributed by atoms with Crippen molar-refractivity contribution < 1.29 is 4.42 Å². The fourth-order valence-electron chi connectivity index (χ4n) is 3.78. The Hall–Kier alpha value is -0.800. The van der Waals surface area contributed by atoms with Crippen LogP contribution in [0, 0.1) is 17.3 Å². The summed E-state index contributed by atoms with van der Waals surface area (Å²) in [6.07, 6.45) is 5.61. The van der Waals surface area contributed by atoms with Crippen LogP contribution < -0.4 is 5.73 Å². The van der Waals surface area contributed by atoms with Crippen molar-refractivity contribution in [3.05, 3.63) is 24.2 Å². The molecule has 0 saturated heterocycles. The van der Waals surface area contributed by atoms with Gasteiger partial charge in [-0.3, -0.25) is 4.90 Å². The highest BCUT2D eigenvalue weighted by Crippen LogP contribution is 2.41. The van der Waals surface area contributed by atoms with Crippen LogP contribution in [0.4, 0.5) is 0 Å². The van der Waals surface area contributed by atoms with E-state index >= 15 is 0 Å². The standard InChI is InChI=1S/C18H32N2O/c1-5-20(13-16-7-6-10-21-16)17-11-15(18(2,3)4)9-8-14(17)12-19/h6-7,10,14-15,17H,5,8-9,11-13,19H2,1-4H3. The van der Waals surface area contributed by atoms with Gasteiger partial charge in [0.1, 0.15) is 5.76 Å². The predicted octanol–water partition coefficient (Wildman–Crippen LogP) is 3.89. The minimum atomic E-state index is 0.391. The van der Waals surface area contributed by atoms with Crippen molar-refractivity contribution in [1.82, 2.24) is 4.90 Å². The van der Waals surface area contributed by atoms with Gasteiger partial charge in [-0.2, -0.15) is 0 Å². The highest BCUT2D eigenvalue weighted by molar-refractivity contribution is 5.00. The zero-order chi connectivity index (χ0) is 15.5. The van der Waals surface area contributed by atoms with Gasteiger partial charge < -0.3 is 10.2 Å². The summed E-state index contributed by atoms with van der Waals surface area (Å²) in [6.45, 7) is 12.1. The SMILES string of the molecule is CCN(Cc1ccco1)C1CC(C(C)(C)C)CCC1CN. The summed E-state index contributed by atoms with van der Waals surface area (Å²) in [5.74, 6) is 2.47. The fourth-order valence-corrected chi connectivity index (χ4v) is 3.78. The lowest BCUT2D eigenvalue weighted by molar-refractivity contribution is 0.0401. The van der Waals surface area contributed by atoms with E-state index in [0.717, 1.165) is 31.3 Å². The van der Waals surface area contributed by atoms with E-state index in [9.17, 15) is 0 Å². The Bertz CT molecular complexity index is 407. The molecule has 1 saturated carbocycles. The van der Waals surface area contributed by atoms with E-state index in [0.29, 0.717) is 17.4 Å². The third-order valence-electron chi connectivity index (χ3n) is 5.30. The highest BCUT2D eigenvalue weighted by Gasteiger charge is 2.37. The predicted molar refractivity (Wildman–Crippen MR) is 87.9 cm³/mol. The van der Waals surface area contributed by atoms with Gasteiger partial charge in [-0.25, -0.2) is 0 Å². The molecule has 1 fully saturated rings. The van der Waals surface area contributed by atoms with E-state index in [1.807, 2.05) is 6.07 Å². The smallest absolute Gasteiger partial charge is 0.117 e. The van der Waals surface area contributed by atoms with Gasteiger partial charge in [-0.05, 0) is 61.7 Å². The molecule has 0 aromatic carbocycles. The summed E-state index contributed by atoms with van der Waals surface area (Å²) >= 11 is 0. The van der Waals surface area contributed by atoms with E-state index in [4.69, 9.17) is 10.2 Å². The number of hydrogen-bond acceptors (Lipinski definition) is 3. The van der Waals surface area contributed by atoms with Crippen molar-refractivity contribution in [2.45, 2.75) is 59.5 Å². The summed E-state index contributed by atoms with van der Waals surface area (Å²) in [5, 5.41) is 0. The van der Waals surface area contributed by atoms with Gasteiger partial charge in [0.2, 0.25) is 0 Å². The molecule has 3 heteroatoms. The second-order valence-corrected chi connectivity index (χ2v) is 7.58. The average molecular weight is 292 g/mol. The molecule has 3 nitrogen and oxygen atoms in total. The number of nitrogens with zero attached hydrogens (tertiary/aromatic N) is 1. The molecule has 1 aromatic heterocycles. The van der Waals surface area contributed by atoms with E-state index in [1.165, 1.54) is 19.3 Å². The minimum Gasteiger partial charge on any atom is -0.468 e. The lowest BCUT2D eigenvalue weighted by Gasteiger charge is -2.45. The average Bonchev–Trinajstić information content (AvgIpc) is 2.96. The summed E-state index contributed by atoms with van der Waals surface area (Å²) in [6, 6.07) is 4.63. The Kier molecular flexibility index (Phi) is 5.50. The molecule has 21 heavy (non-hydrogen) atoms. The topological polar surface area (TPSA) is 42.4 Å². The number of rotatable bonds is 5. The second kappa shape index (κ2) is 6.97. The van der Waals surface area contributed by atoms with Crippen LogP contribution in [0.5, 0.6) is 0 Å². The molecular formula is C18H32N2O. The van der Waals surface area contributed by atoms with E-state index < -0.39 is 0 Å². The van der Waals surface area contributed by atoms with Gasteiger partial charge in [0, 0.05) is 6.04 Å². The number of nitrogens with two attached hydrogens (primary N) is 1. The van der Waals surface area contributed by atoms with E-state index in [2.05, 4.69) is 38.7 Å². The van der Waals surface area contributed by atoms with Gasteiger partial charge in [0.05, 0.1) is 12.8 Å². The zero-order valence-electron chi connectivity index (χ0n) is 14.1. The first kappa shape index (κ1) is 16.6. The van der Waals surface area contributed by atoms with Crippen molar-refractivity contribution >= 4 is 0 Å². The van der Waals surface area contributed by atoms with Gasteiger partial charge in [0.15, 0.2) is 0 Å². The molecule has 120 valence electrons. The molecule has 0 amide bonds. The minimum absolute atomic E-state index is 0.391. The molecule has 1 heterocycles. The van der Waals surface area contributed by atoms with Crippen LogP contribution in [0.3, 0.4) is 0 Å². The Morgan fingerprint density at radius 3 is 2.62 bits per heavy atom. The zero-order valence-corrected chi connectivity index (χ0v) is 14.1. The third-order valence-corrected chi connectivity index (χ3v) is 5.30. The maximum atomic E-state index is 6.06. The van der Waals surface area contributed by atoms with Gasteiger partial charge >= 0.3 is 0 Å². The van der Waals surface area contributed by atoms with Crippen molar-refractivity contribution in [2.75, 3.05) is 13.1 Å². The molecule has 1 aromatic rings. The first-order valence-corrected chi connectivity index (χ1v) is 8.42. The molecular weight excluding hydrogens is 260 g/mol. The molecule has 0 aliphatic heterocycles. The molecule has 2 N–H and O–H groups in total. The van der Waals surface area contributed by atoms with Crippen LogP contribution in [0.2, 0.25) is 0 Å². The van der Waals surface area contributed by atoms with Crippen molar-refractivity contribution in [2.24, 2.45) is 23.0 Å². The summed E-state index contributed by atoms with van der Waals surface area (Å²) in [7, 11) is 0. The van der Waals surface area contributed by atoms with Gasteiger partial charge in [-0.15, -0.1) is 0 Å². The Morgan fingerprint density at radius 1 is 1.33 bits per heavy atom. The molecule has 1 aliphatic carbocycles. The summed E-state index contributed by atoms with van der Waals surface area (Å²) < 4.78 is 5.55. The largest absolute Gasteiger partial charge is 0.468 e. The lowest BCUT2D eigenvalue weighted by Crippen LogP contribution is -2.48. The Labute approximate surface area is 129 Å². The molecule has 0 spiro atoms. The molecule has 3 atom stereocenters. The van der Waals surface area contributed by atoms with Crippen molar-refractivity contribution in [3.63, 3.8) is 0 Å². The Balaban J connectivity index is 2.10. The maximum Gasteiger partial charge on any atom is 0.117 e. The molecule has 0 bridgehead atoms. The molecule has 0 radical (unpaired) electrons. The van der Waals surface area contributed by atoms with Crippen LogP contribution in [0.15, 0.2) is 22.8 Å². The summed E-state index contributed by atoms with van der Waals surface area (Å²) in [5.41, 5.74) is 6.45. The van der Waals surface area contributed by atoms with Crippen molar-refractivity contribution in [3.8, 4) is 0 Å². The summed E-state index contributed by atoms with van der Waals surface area (Å²) in [4.78, 5) is 2.56. The highest BCUT2D eigenvalue weighted by atomic mass is 16.3. The molecule has 1 aliphatic rings. The van der Waals surface area contributed by atoms with Crippen molar-refractivity contribution in [1.29, 1.82) is 0 Å². The third kappa shape index (κ3) is 4.10. The maximum absolute atomic E-state index is 6.06. The molecule has 2 rings (SSSR count). The first-order valence-electron chi connectivity index (χ1n) is 8.42.